The first-order valence-corrected chi connectivity index (χ1v) is 15.7. The van der Waals surface area contributed by atoms with Gasteiger partial charge in [0.25, 0.3) is 0 Å². The van der Waals surface area contributed by atoms with Crippen LogP contribution in [0.25, 0.3) is 0 Å². The van der Waals surface area contributed by atoms with Crippen LogP contribution in [0.5, 0.6) is 0 Å². The van der Waals surface area contributed by atoms with E-state index in [0.717, 1.165) is 75.8 Å². The highest BCUT2D eigenvalue weighted by Crippen LogP contribution is 2.36. The van der Waals surface area contributed by atoms with Gasteiger partial charge in [0.05, 0.1) is 0 Å². The van der Waals surface area contributed by atoms with Crippen molar-refractivity contribution in [2.45, 2.75) is 89.1 Å². The van der Waals surface area contributed by atoms with E-state index in [4.69, 9.17) is 9.72 Å². The highest BCUT2D eigenvalue weighted by molar-refractivity contribution is 5.76. The lowest BCUT2D eigenvalue weighted by molar-refractivity contribution is -0.143. The van der Waals surface area contributed by atoms with Crippen molar-refractivity contribution in [1.82, 2.24) is 14.8 Å². The minimum Gasteiger partial charge on any atom is -0.480 e. The number of aromatic nitrogens is 1. The van der Waals surface area contributed by atoms with E-state index < -0.39 is 12.0 Å². The number of halogens is 1. The van der Waals surface area contributed by atoms with Gasteiger partial charge in [-0.1, -0.05) is 25.5 Å². The van der Waals surface area contributed by atoms with E-state index in [1.165, 1.54) is 17.7 Å². The molecule has 0 bridgehead atoms. The number of likely N-dealkylation sites (tertiary alicyclic amines) is 1. The molecule has 0 radical (unpaired) electrons. The summed E-state index contributed by atoms with van der Waals surface area (Å²) in [7, 11) is 2.16. The van der Waals surface area contributed by atoms with Crippen molar-refractivity contribution in [2.24, 2.45) is 0 Å². The van der Waals surface area contributed by atoms with E-state index in [1.807, 2.05) is 13.0 Å². The summed E-state index contributed by atoms with van der Waals surface area (Å²) in [5.74, 6) is 0.127. The summed E-state index contributed by atoms with van der Waals surface area (Å²) in [4.78, 5) is 21.9. The lowest BCUT2D eigenvalue weighted by atomic mass is 9.86. The molecule has 0 aliphatic carbocycles. The standard InChI is InChI=1S/C33H47FN4O3/c1-3-28-29(20-25(21-30(28)34)23-13-18-41-19-14-23)31(33(39)40)38-17-12-27(22-38)37(2)16-6-4-5-9-26-11-10-24-8-7-15-35-32(24)36-26/h10-11,20-21,23,27,31H,3-9,12-19,22H2,1-2H3,(H,35,36)(H,39,40)/t27-,31?/m1/s1. The third-order valence-electron chi connectivity index (χ3n) is 9.41. The number of carbonyl (C=O) groups is 1. The van der Waals surface area contributed by atoms with Gasteiger partial charge in [-0.25, -0.2) is 9.37 Å². The van der Waals surface area contributed by atoms with Crippen LogP contribution in [-0.2, 0) is 28.8 Å². The molecule has 5 rings (SSSR count). The molecule has 2 fully saturated rings. The predicted molar refractivity (Wildman–Crippen MR) is 160 cm³/mol. The molecule has 1 aromatic carbocycles. The molecule has 224 valence electrons. The Morgan fingerprint density at radius 1 is 1.22 bits per heavy atom. The number of rotatable bonds is 12. The Bertz CT molecular complexity index is 1190. The first-order chi connectivity index (χ1) is 19.9. The van der Waals surface area contributed by atoms with Crippen LogP contribution in [0, 0.1) is 5.82 Å². The zero-order valence-corrected chi connectivity index (χ0v) is 24.8. The van der Waals surface area contributed by atoms with Crippen LogP contribution in [0.1, 0.15) is 91.8 Å². The third-order valence-corrected chi connectivity index (χ3v) is 9.41. The number of hydrogen-bond donors (Lipinski definition) is 2. The van der Waals surface area contributed by atoms with Crippen molar-refractivity contribution in [3.63, 3.8) is 0 Å². The minimum absolute atomic E-state index is 0.217. The molecular formula is C33H47FN4O3. The lowest BCUT2D eigenvalue weighted by Crippen LogP contribution is -2.38. The number of nitrogens with zero attached hydrogens (tertiary/aromatic N) is 3. The topological polar surface area (TPSA) is 77.9 Å². The average Bonchev–Trinajstić information content (AvgIpc) is 3.47. The van der Waals surface area contributed by atoms with Crippen LogP contribution in [0.2, 0.25) is 0 Å². The van der Waals surface area contributed by atoms with Gasteiger partial charge in [-0.2, -0.15) is 0 Å². The van der Waals surface area contributed by atoms with Gasteiger partial charge in [0.15, 0.2) is 0 Å². The van der Waals surface area contributed by atoms with E-state index >= 15 is 4.39 Å². The number of aliphatic carboxylic acids is 1. The maximum Gasteiger partial charge on any atom is 0.325 e. The molecule has 3 aliphatic rings. The molecule has 3 aliphatic heterocycles. The zero-order valence-electron chi connectivity index (χ0n) is 24.8. The van der Waals surface area contributed by atoms with Gasteiger partial charge in [0, 0.05) is 44.6 Å². The second-order valence-corrected chi connectivity index (χ2v) is 12.1. The Hall–Kier alpha value is -2.55. The largest absolute Gasteiger partial charge is 0.480 e. The number of anilines is 1. The molecule has 2 N–H and O–H groups in total. The van der Waals surface area contributed by atoms with Gasteiger partial charge in [-0.3, -0.25) is 9.69 Å². The summed E-state index contributed by atoms with van der Waals surface area (Å²) >= 11 is 0. The number of pyridine rings is 1. The molecule has 1 unspecified atom stereocenters. The molecule has 4 heterocycles. The van der Waals surface area contributed by atoms with Crippen molar-refractivity contribution in [1.29, 1.82) is 0 Å². The summed E-state index contributed by atoms with van der Waals surface area (Å²) in [6.07, 6.45) is 9.76. The number of nitrogens with one attached hydrogen (secondary N) is 1. The number of unbranched alkanes of at least 4 members (excludes halogenated alkanes) is 2. The van der Waals surface area contributed by atoms with Gasteiger partial charge in [0.2, 0.25) is 0 Å². The first-order valence-electron chi connectivity index (χ1n) is 15.7. The Morgan fingerprint density at radius 3 is 2.83 bits per heavy atom. The maximum absolute atomic E-state index is 15.3. The van der Waals surface area contributed by atoms with Crippen LogP contribution in [0.15, 0.2) is 24.3 Å². The molecule has 2 aromatic rings. The smallest absolute Gasteiger partial charge is 0.325 e. The number of hydrogen-bond acceptors (Lipinski definition) is 6. The van der Waals surface area contributed by atoms with Crippen LogP contribution in [0.3, 0.4) is 0 Å². The predicted octanol–water partition coefficient (Wildman–Crippen LogP) is 5.58. The molecule has 8 heteroatoms. The van der Waals surface area contributed by atoms with Crippen molar-refractivity contribution in [2.75, 3.05) is 51.8 Å². The third kappa shape index (κ3) is 7.27. The zero-order chi connectivity index (χ0) is 28.8. The van der Waals surface area contributed by atoms with E-state index in [1.54, 1.807) is 6.07 Å². The van der Waals surface area contributed by atoms with E-state index in [9.17, 15) is 9.90 Å². The van der Waals surface area contributed by atoms with Gasteiger partial charge in [-0.05, 0) is 112 Å². The molecule has 2 saturated heterocycles. The number of fused-ring (bicyclic) bond motifs is 1. The molecule has 41 heavy (non-hydrogen) atoms. The fraction of sp³-hybridized carbons (Fsp3) is 0.636. The maximum atomic E-state index is 15.3. The van der Waals surface area contributed by atoms with Gasteiger partial charge >= 0.3 is 5.97 Å². The number of aryl methyl sites for hydroxylation is 2. The van der Waals surface area contributed by atoms with E-state index in [0.29, 0.717) is 49.9 Å². The average molecular weight is 567 g/mol. The fourth-order valence-electron chi connectivity index (χ4n) is 6.95. The number of likely N-dealkylation sites (N-methyl/N-ethyl adjacent to an activating group) is 1. The highest BCUT2D eigenvalue weighted by atomic mass is 19.1. The molecular weight excluding hydrogens is 519 g/mol. The van der Waals surface area contributed by atoms with Gasteiger partial charge < -0.3 is 20.1 Å². The van der Waals surface area contributed by atoms with Gasteiger partial charge in [0.1, 0.15) is 17.7 Å². The quantitative estimate of drug-likeness (QED) is 0.325. The summed E-state index contributed by atoms with van der Waals surface area (Å²) in [5.41, 5.74) is 4.59. The second-order valence-electron chi connectivity index (χ2n) is 12.1. The summed E-state index contributed by atoms with van der Waals surface area (Å²) < 4.78 is 20.8. The highest BCUT2D eigenvalue weighted by Gasteiger charge is 2.37. The van der Waals surface area contributed by atoms with E-state index in [2.05, 4.69) is 34.3 Å². The molecule has 2 atom stereocenters. The molecule has 7 nitrogen and oxygen atoms in total. The van der Waals surface area contributed by atoms with Crippen molar-refractivity contribution < 1.29 is 19.0 Å². The Morgan fingerprint density at radius 2 is 2.05 bits per heavy atom. The number of carboxylic acid groups (broad SMARTS) is 1. The number of benzene rings is 1. The number of ether oxygens (including phenoxy) is 1. The fourth-order valence-corrected chi connectivity index (χ4v) is 6.95. The number of carboxylic acids is 1. The minimum atomic E-state index is -0.891. The second kappa shape index (κ2) is 14.1. The lowest BCUT2D eigenvalue weighted by Gasteiger charge is -2.30. The van der Waals surface area contributed by atoms with E-state index in [-0.39, 0.29) is 11.7 Å². The monoisotopic (exact) mass is 566 g/mol. The van der Waals surface area contributed by atoms with Crippen molar-refractivity contribution in [3.8, 4) is 0 Å². The molecule has 0 spiro atoms. The van der Waals surface area contributed by atoms with Crippen molar-refractivity contribution >= 4 is 11.8 Å². The normalized spacial score (nSPS) is 20.6. The van der Waals surface area contributed by atoms with Crippen LogP contribution in [-0.4, -0.2) is 78.3 Å². The SMILES string of the molecule is CCc1c(F)cc(C2CCOCC2)cc1C(C(=O)O)N1CC[C@@H](N(C)CCCCCc2ccc3c(n2)NCCC3)C1. The first kappa shape index (κ1) is 29.9. The Labute approximate surface area is 244 Å². The summed E-state index contributed by atoms with van der Waals surface area (Å²) in [6.45, 7) is 6.64. The van der Waals surface area contributed by atoms with Crippen molar-refractivity contribution in [3.05, 3.63) is 58.0 Å². The Kier molecular flexibility index (Phi) is 10.3. The van der Waals surface area contributed by atoms with Crippen LogP contribution in [0.4, 0.5) is 10.2 Å². The molecule has 0 amide bonds. The van der Waals surface area contributed by atoms with Crippen LogP contribution < -0.4 is 5.32 Å². The van der Waals surface area contributed by atoms with Crippen LogP contribution >= 0.6 is 0 Å². The van der Waals surface area contributed by atoms with Gasteiger partial charge in [-0.15, -0.1) is 0 Å². The Balaban J connectivity index is 1.15. The molecule has 1 aromatic heterocycles. The molecule has 0 saturated carbocycles. The summed E-state index contributed by atoms with van der Waals surface area (Å²) in [5, 5.41) is 13.8. The summed E-state index contributed by atoms with van der Waals surface area (Å²) in [6, 6.07) is 7.51.